The number of aromatic amines is 2. The Morgan fingerprint density at radius 2 is 1.71 bits per heavy atom. The summed E-state index contributed by atoms with van der Waals surface area (Å²) in [5, 5.41) is 23.9. The minimum absolute atomic E-state index is 0.117. The summed E-state index contributed by atoms with van der Waals surface area (Å²) in [4.78, 5) is 7.99. The predicted octanol–water partition coefficient (Wildman–Crippen LogP) is 3.71. The van der Waals surface area contributed by atoms with E-state index < -0.39 is 0 Å². The zero-order chi connectivity index (χ0) is 18.9. The number of nitrogens with one attached hydrogen (secondary N) is 2. The first kappa shape index (κ1) is 16.2. The summed E-state index contributed by atoms with van der Waals surface area (Å²) in [5.74, 6) is 1.42. The fourth-order valence-corrected chi connectivity index (χ4v) is 3.27. The van der Waals surface area contributed by atoms with E-state index >= 15 is 0 Å². The van der Waals surface area contributed by atoms with Crippen LogP contribution in [-0.2, 0) is 6.42 Å². The summed E-state index contributed by atoms with van der Waals surface area (Å²) in [6.45, 7) is 0. The Morgan fingerprint density at radius 1 is 0.893 bits per heavy atom. The van der Waals surface area contributed by atoms with E-state index in [1.807, 2.05) is 36.4 Å². The van der Waals surface area contributed by atoms with Crippen molar-refractivity contribution in [1.29, 1.82) is 0 Å². The Morgan fingerprint density at radius 3 is 2.50 bits per heavy atom. The average Bonchev–Trinajstić information content (AvgIpc) is 3.38. The molecule has 0 unspecified atom stereocenters. The maximum Gasteiger partial charge on any atom is 0.208 e. The highest BCUT2D eigenvalue weighted by atomic mass is 16.3. The fourth-order valence-electron chi connectivity index (χ4n) is 3.27. The van der Waals surface area contributed by atoms with Gasteiger partial charge in [0.2, 0.25) is 5.82 Å². The molecule has 0 aliphatic carbocycles. The van der Waals surface area contributed by atoms with Crippen LogP contribution in [0.2, 0.25) is 0 Å². The van der Waals surface area contributed by atoms with E-state index in [1.165, 1.54) is 5.56 Å². The van der Waals surface area contributed by atoms with E-state index in [1.54, 1.807) is 6.07 Å². The number of tetrazole rings is 1. The van der Waals surface area contributed by atoms with Gasteiger partial charge in [0.15, 0.2) is 0 Å². The molecule has 0 atom stereocenters. The van der Waals surface area contributed by atoms with Crippen LogP contribution in [0, 0.1) is 0 Å². The van der Waals surface area contributed by atoms with Crippen LogP contribution in [0.4, 0.5) is 0 Å². The number of benzene rings is 3. The van der Waals surface area contributed by atoms with Gasteiger partial charge in [-0.05, 0) is 46.2 Å². The summed E-state index contributed by atoms with van der Waals surface area (Å²) < 4.78 is 0. The van der Waals surface area contributed by atoms with Crippen LogP contribution in [0.3, 0.4) is 0 Å². The molecule has 28 heavy (non-hydrogen) atoms. The van der Waals surface area contributed by atoms with Crippen molar-refractivity contribution in [2.45, 2.75) is 6.42 Å². The number of para-hydroxylation sites is 2. The number of H-pyrrole nitrogens is 2. The molecule has 7 nitrogen and oxygen atoms in total. The third kappa shape index (κ3) is 2.99. The van der Waals surface area contributed by atoms with Gasteiger partial charge in [-0.25, -0.2) is 4.98 Å². The summed E-state index contributed by atoms with van der Waals surface area (Å²) in [6, 6.07) is 21.7. The fraction of sp³-hybridized carbons (Fsp3) is 0.0476. The molecule has 0 radical (unpaired) electrons. The first-order valence-electron chi connectivity index (χ1n) is 8.86. The summed E-state index contributed by atoms with van der Waals surface area (Å²) in [5.41, 5.74) is 5.74. The molecule has 2 heterocycles. The Bertz CT molecular complexity index is 1210. The van der Waals surface area contributed by atoms with Crippen molar-refractivity contribution in [2.24, 2.45) is 0 Å². The lowest BCUT2D eigenvalue weighted by Crippen LogP contribution is -1.91. The molecular formula is C21H16N6O. The van der Waals surface area contributed by atoms with E-state index in [0.717, 1.165) is 34.4 Å². The molecule has 0 aliphatic heterocycles. The first-order valence-corrected chi connectivity index (χ1v) is 8.86. The molecule has 3 N–H and O–H groups in total. The maximum atomic E-state index is 10.1. The highest BCUT2D eigenvalue weighted by Gasteiger charge is 2.11. The molecule has 0 spiro atoms. The van der Waals surface area contributed by atoms with Gasteiger partial charge < -0.3 is 10.1 Å². The van der Waals surface area contributed by atoms with Crippen LogP contribution in [0.1, 0.15) is 11.4 Å². The first-order chi connectivity index (χ1) is 13.8. The number of hydrogen-bond donors (Lipinski definition) is 3. The van der Waals surface area contributed by atoms with Gasteiger partial charge in [-0.15, -0.1) is 10.2 Å². The van der Waals surface area contributed by atoms with Gasteiger partial charge in [0.05, 0.1) is 16.6 Å². The van der Waals surface area contributed by atoms with Crippen molar-refractivity contribution in [3.63, 3.8) is 0 Å². The predicted molar refractivity (Wildman–Crippen MR) is 106 cm³/mol. The van der Waals surface area contributed by atoms with Gasteiger partial charge in [-0.2, -0.15) is 5.21 Å². The van der Waals surface area contributed by atoms with Gasteiger partial charge in [0.25, 0.3) is 0 Å². The second kappa shape index (κ2) is 6.62. The lowest BCUT2D eigenvalue weighted by molar-refractivity contribution is 0.477. The van der Waals surface area contributed by atoms with Crippen LogP contribution >= 0.6 is 0 Å². The van der Waals surface area contributed by atoms with Crippen LogP contribution in [0.25, 0.3) is 33.5 Å². The largest absolute Gasteiger partial charge is 0.507 e. The third-order valence-corrected chi connectivity index (χ3v) is 4.68. The SMILES string of the molecule is Oc1ccc(-c2ccc(Cc3nc4ccccc4[nH]3)cc2)cc1-c1nn[nH]n1. The molecule has 0 fully saturated rings. The molecule has 7 heteroatoms. The Balaban J connectivity index is 1.41. The smallest absolute Gasteiger partial charge is 0.208 e. The van der Waals surface area contributed by atoms with E-state index in [2.05, 4.69) is 54.9 Å². The van der Waals surface area contributed by atoms with Crippen molar-refractivity contribution in [3.8, 4) is 28.3 Å². The normalized spacial score (nSPS) is 11.1. The highest BCUT2D eigenvalue weighted by Crippen LogP contribution is 2.31. The van der Waals surface area contributed by atoms with Gasteiger partial charge in [-0.1, -0.05) is 42.5 Å². The topological polar surface area (TPSA) is 103 Å². The number of phenolic OH excluding ortho intramolecular Hbond substituents is 1. The number of aromatic hydroxyl groups is 1. The summed E-state index contributed by atoms with van der Waals surface area (Å²) in [6.07, 6.45) is 0.735. The van der Waals surface area contributed by atoms with Gasteiger partial charge in [-0.3, -0.25) is 0 Å². The van der Waals surface area contributed by atoms with Gasteiger partial charge in [0.1, 0.15) is 11.6 Å². The number of imidazole rings is 1. The number of hydrogen-bond acceptors (Lipinski definition) is 5. The second-order valence-electron chi connectivity index (χ2n) is 6.54. The van der Waals surface area contributed by atoms with Crippen molar-refractivity contribution in [3.05, 3.63) is 78.1 Å². The Labute approximate surface area is 160 Å². The zero-order valence-electron chi connectivity index (χ0n) is 14.8. The molecular weight excluding hydrogens is 352 g/mol. The summed E-state index contributed by atoms with van der Waals surface area (Å²) in [7, 11) is 0. The minimum Gasteiger partial charge on any atom is -0.507 e. The number of nitrogens with zero attached hydrogens (tertiary/aromatic N) is 4. The van der Waals surface area contributed by atoms with Gasteiger partial charge >= 0.3 is 0 Å². The van der Waals surface area contributed by atoms with E-state index in [-0.39, 0.29) is 5.75 Å². The number of rotatable bonds is 4. The Kier molecular flexibility index (Phi) is 3.83. The molecule has 5 rings (SSSR count). The quantitative estimate of drug-likeness (QED) is 0.449. The monoisotopic (exact) mass is 368 g/mol. The van der Waals surface area contributed by atoms with Gasteiger partial charge in [0, 0.05) is 6.42 Å². The lowest BCUT2D eigenvalue weighted by Gasteiger charge is -2.07. The van der Waals surface area contributed by atoms with E-state index in [9.17, 15) is 5.11 Å². The number of aromatic nitrogens is 6. The van der Waals surface area contributed by atoms with E-state index in [4.69, 9.17) is 0 Å². The zero-order valence-corrected chi connectivity index (χ0v) is 14.8. The van der Waals surface area contributed by atoms with E-state index in [0.29, 0.717) is 11.4 Å². The third-order valence-electron chi connectivity index (χ3n) is 4.68. The molecule has 0 amide bonds. The lowest BCUT2D eigenvalue weighted by atomic mass is 10.00. The van der Waals surface area contributed by atoms with Crippen LogP contribution in [0.15, 0.2) is 66.7 Å². The second-order valence-corrected chi connectivity index (χ2v) is 6.54. The summed E-state index contributed by atoms with van der Waals surface area (Å²) >= 11 is 0. The highest BCUT2D eigenvalue weighted by molar-refractivity contribution is 5.75. The van der Waals surface area contributed by atoms with Crippen molar-refractivity contribution in [1.82, 2.24) is 30.6 Å². The minimum atomic E-state index is 0.117. The van der Waals surface area contributed by atoms with Crippen LogP contribution < -0.4 is 0 Å². The molecule has 0 saturated heterocycles. The van der Waals surface area contributed by atoms with Crippen molar-refractivity contribution < 1.29 is 5.11 Å². The number of phenols is 1. The molecule has 136 valence electrons. The molecule has 0 saturated carbocycles. The number of fused-ring (bicyclic) bond motifs is 1. The van der Waals surface area contributed by atoms with Crippen LogP contribution in [0.5, 0.6) is 5.75 Å². The van der Waals surface area contributed by atoms with Crippen LogP contribution in [-0.4, -0.2) is 35.7 Å². The molecule has 3 aromatic carbocycles. The average molecular weight is 368 g/mol. The molecule has 5 aromatic rings. The maximum absolute atomic E-state index is 10.1. The standard InChI is InChI=1S/C21H16N6O/c28-19-10-9-15(12-16(19)21-24-26-27-25-21)14-7-5-13(6-8-14)11-20-22-17-3-1-2-4-18(17)23-20/h1-10,12,28H,11H2,(H,22,23)(H,24,25,26,27). The van der Waals surface area contributed by atoms with Crippen molar-refractivity contribution in [2.75, 3.05) is 0 Å². The Hall–Kier alpha value is -4.00. The molecule has 2 aromatic heterocycles. The van der Waals surface area contributed by atoms with Crippen molar-refractivity contribution >= 4 is 11.0 Å². The molecule has 0 aliphatic rings. The molecule has 0 bridgehead atoms.